The Morgan fingerprint density at radius 2 is 2.00 bits per heavy atom. The second-order valence-corrected chi connectivity index (χ2v) is 8.26. The standard InChI is InChI=1S/C20H28N4O/c1-14(25)24-9-8-23(13-20(24,2)3)19-11-16(15-6-4-5-7-15)10-18-17(19)12-21-22-18/h10-12,15H,4-9,13H2,1-3H3,(H,21,22). The van der Waals surface area contributed by atoms with Crippen molar-refractivity contribution in [2.45, 2.75) is 57.9 Å². The summed E-state index contributed by atoms with van der Waals surface area (Å²) in [6.45, 7) is 8.49. The Bertz CT molecular complexity index is 788. The van der Waals surface area contributed by atoms with E-state index >= 15 is 0 Å². The van der Waals surface area contributed by atoms with Gasteiger partial charge in [-0.2, -0.15) is 5.10 Å². The molecule has 0 atom stereocenters. The molecule has 1 amide bonds. The number of nitrogens with zero attached hydrogens (tertiary/aromatic N) is 3. The smallest absolute Gasteiger partial charge is 0.220 e. The minimum atomic E-state index is -0.163. The number of piperazine rings is 1. The van der Waals surface area contributed by atoms with Crippen LogP contribution in [0.4, 0.5) is 5.69 Å². The average Bonchev–Trinajstić information content (AvgIpc) is 3.23. The van der Waals surface area contributed by atoms with E-state index < -0.39 is 0 Å². The average molecular weight is 340 g/mol. The number of anilines is 1. The van der Waals surface area contributed by atoms with Crippen molar-refractivity contribution in [1.82, 2.24) is 15.1 Å². The van der Waals surface area contributed by atoms with Crippen LogP contribution >= 0.6 is 0 Å². The molecule has 1 aliphatic carbocycles. The molecule has 2 aliphatic rings. The van der Waals surface area contributed by atoms with E-state index in [9.17, 15) is 4.79 Å². The molecular formula is C20H28N4O. The molecule has 1 aliphatic heterocycles. The number of hydrogen-bond acceptors (Lipinski definition) is 3. The van der Waals surface area contributed by atoms with Gasteiger partial charge in [0, 0.05) is 37.6 Å². The van der Waals surface area contributed by atoms with Gasteiger partial charge in [-0.05, 0) is 50.3 Å². The van der Waals surface area contributed by atoms with Crippen LogP contribution in [-0.2, 0) is 4.79 Å². The second kappa shape index (κ2) is 6.04. The fraction of sp³-hybridized carbons (Fsp3) is 0.600. The van der Waals surface area contributed by atoms with E-state index in [-0.39, 0.29) is 11.4 Å². The molecule has 2 fully saturated rings. The first kappa shape index (κ1) is 16.4. The quantitative estimate of drug-likeness (QED) is 0.907. The number of carbonyl (C=O) groups excluding carboxylic acids is 1. The molecule has 4 rings (SSSR count). The first-order valence-electron chi connectivity index (χ1n) is 9.46. The fourth-order valence-corrected chi connectivity index (χ4v) is 4.75. The lowest BCUT2D eigenvalue weighted by Crippen LogP contribution is -2.60. The number of fused-ring (bicyclic) bond motifs is 1. The van der Waals surface area contributed by atoms with Crippen molar-refractivity contribution in [3.63, 3.8) is 0 Å². The highest BCUT2D eigenvalue weighted by molar-refractivity contribution is 5.92. The van der Waals surface area contributed by atoms with Crippen LogP contribution in [0.2, 0.25) is 0 Å². The van der Waals surface area contributed by atoms with E-state index in [1.165, 1.54) is 42.3 Å². The third kappa shape index (κ3) is 2.90. The Morgan fingerprint density at radius 3 is 2.68 bits per heavy atom. The maximum atomic E-state index is 11.9. The number of hydrogen-bond donors (Lipinski definition) is 1. The summed E-state index contributed by atoms with van der Waals surface area (Å²) in [6.07, 6.45) is 7.20. The largest absolute Gasteiger partial charge is 0.367 e. The topological polar surface area (TPSA) is 52.2 Å². The minimum Gasteiger partial charge on any atom is -0.367 e. The van der Waals surface area contributed by atoms with Gasteiger partial charge in [0.25, 0.3) is 0 Å². The van der Waals surface area contributed by atoms with Crippen LogP contribution in [0.15, 0.2) is 18.3 Å². The fourth-order valence-electron chi connectivity index (χ4n) is 4.75. The normalized spacial score (nSPS) is 21.2. The van der Waals surface area contributed by atoms with Gasteiger partial charge >= 0.3 is 0 Å². The van der Waals surface area contributed by atoms with E-state index in [0.717, 1.165) is 25.2 Å². The van der Waals surface area contributed by atoms with E-state index in [2.05, 4.69) is 41.1 Å². The highest BCUT2D eigenvalue weighted by Crippen LogP contribution is 2.39. The van der Waals surface area contributed by atoms with Gasteiger partial charge in [-0.1, -0.05) is 12.8 Å². The molecule has 25 heavy (non-hydrogen) atoms. The summed E-state index contributed by atoms with van der Waals surface area (Å²) >= 11 is 0. The Morgan fingerprint density at radius 1 is 1.24 bits per heavy atom. The van der Waals surface area contributed by atoms with Crippen LogP contribution in [0.25, 0.3) is 10.9 Å². The van der Waals surface area contributed by atoms with Gasteiger partial charge in [0.15, 0.2) is 0 Å². The summed E-state index contributed by atoms with van der Waals surface area (Å²) in [5.41, 5.74) is 3.68. The summed E-state index contributed by atoms with van der Waals surface area (Å²) in [5, 5.41) is 8.65. The number of benzene rings is 1. The number of aromatic amines is 1. The highest BCUT2D eigenvalue weighted by Gasteiger charge is 2.36. The Kier molecular flexibility index (Phi) is 3.97. The lowest BCUT2D eigenvalue weighted by molar-refractivity contribution is -0.134. The van der Waals surface area contributed by atoms with Crippen molar-refractivity contribution in [3.8, 4) is 0 Å². The molecule has 1 aromatic heterocycles. The molecular weight excluding hydrogens is 312 g/mol. The molecule has 5 nitrogen and oxygen atoms in total. The van der Waals surface area contributed by atoms with Crippen molar-refractivity contribution in [2.24, 2.45) is 0 Å². The van der Waals surface area contributed by atoms with E-state index in [0.29, 0.717) is 5.92 Å². The molecule has 0 bridgehead atoms. The van der Waals surface area contributed by atoms with E-state index in [4.69, 9.17) is 0 Å². The van der Waals surface area contributed by atoms with Gasteiger partial charge in [-0.3, -0.25) is 9.89 Å². The lowest BCUT2D eigenvalue weighted by Gasteiger charge is -2.47. The maximum Gasteiger partial charge on any atom is 0.220 e. The summed E-state index contributed by atoms with van der Waals surface area (Å²) in [6, 6.07) is 4.67. The number of amides is 1. The van der Waals surface area contributed by atoms with Gasteiger partial charge in [0.1, 0.15) is 0 Å². The highest BCUT2D eigenvalue weighted by atomic mass is 16.2. The van der Waals surface area contributed by atoms with Crippen molar-refractivity contribution in [3.05, 3.63) is 23.9 Å². The van der Waals surface area contributed by atoms with Crippen LogP contribution in [0, 0.1) is 0 Å². The number of rotatable bonds is 2. The van der Waals surface area contributed by atoms with Crippen molar-refractivity contribution in [2.75, 3.05) is 24.5 Å². The zero-order chi connectivity index (χ0) is 17.6. The molecule has 0 radical (unpaired) electrons. The summed E-state index contributed by atoms with van der Waals surface area (Å²) in [4.78, 5) is 16.4. The maximum absolute atomic E-state index is 11.9. The monoisotopic (exact) mass is 340 g/mol. The van der Waals surface area contributed by atoms with Gasteiger partial charge in [0.05, 0.1) is 17.3 Å². The van der Waals surface area contributed by atoms with Crippen LogP contribution in [0.1, 0.15) is 57.9 Å². The number of aromatic nitrogens is 2. The zero-order valence-corrected chi connectivity index (χ0v) is 15.5. The Labute approximate surface area is 149 Å². The number of carbonyl (C=O) groups is 1. The summed E-state index contributed by atoms with van der Waals surface area (Å²) < 4.78 is 0. The molecule has 1 saturated carbocycles. The molecule has 2 heterocycles. The van der Waals surface area contributed by atoms with E-state index in [1.807, 2.05) is 11.1 Å². The molecule has 1 N–H and O–H groups in total. The first-order chi connectivity index (χ1) is 12.0. The SMILES string of the molecule is CC(=O)N1CCN(c2cc(C3CCCC3)cc3[nH]ncc23)CC1(C)C. The third-order valence-electron chi connectivity index (χ3n) is 6.01. The lowest BCUT2D eigenvalue weighted by atomic mass is 9.94. The van der Waals surface area contributed by atoms with Gasteiger partial charge in [0.2, 0.25) is 5.91 Å². The zero-order valence-electron chi connectivity index (χ0n) is 15.5. The Hall–Kier alpha value is -2.04. The molecule has 1 aromatic carbocycles. The molecule has 0 spiro atoms. The molecule has 0 unspecified atom stereocenters. The van der Waals surface area contributed by atoms with Gasteiger partial charge < -0.3 is 9.80 Å². The molecule has 5 heteroatoms. The van der Waals surface area contributed by atoms with Crippen LogP contribution < -0.4 is 4.90 Å². The summed E-state index contributed by atoms with van der Waals surface area (Å²) in [5.74, 6) is 0.843. The molecule has 2 aromatic rings. The predicted octanol–water partition coefficient (Wildman–Crippen LogP) is 3.67. The van der Waals surface area contributed by atoms with Gasteiger partial charge in [-0.15, -0.1) is 0 Å². The first-order valence-corrected chi connectivity index (χ1v) is 9.46. The van der Waals surface area contributed by atoms with Crippen molar-refractivity contribution < 1.29 is 4.79 Å². The Balaban J connectivity index is 1.71. The second-order valence-electron chi connectivity index (χ2n) is 8.26. The van der Waals surface area contributed by atoms with Gasteiger partial charge in [-0.25, -0.2) is 0 Å². The minimum absolute atomic E-state index is 0.163. The van der Waals surface area contributed by atoms with Crippen molar-refractivity contribution in [1.29, 1.82) is 0 Å². The van der Waals surface area contributed by atoms with Crippen LogP contribution in [-0.4, -0.2) is 46.2 Å². The van der Waals surface area contributed by atoms with Crippen molar-refractivity contribution >= 4 is 22.5 Å². The number of H-pyrrole nitrogens is 1. The summed E-state index contributed by atoms with van der Waals surface area (Å²) in [7, 11) is 0. The number of nitrogens with one attached hydrogen (secondary N) is 1. The molecule has 1 saturated heterocycles. The van der Waals surface area contributed by atoms with E-state index in [1.54, 1.807) is 6.92 Å². The van der Waals surface area contributed by atoms with Crippen LogP contribution in [0.3, 0.4) is 0 Å². The third-order valence-corrected chi connectivity index (χ3v) is 6.01. The van der Waals surface area contributed by atoms with Crippen LogP contribution in [0.5, 0.6) is 0 Å². The molecule has 134 valence electrons. The predicted molar refractivity (Wildman–Crippen MR) is 101 cm³/mol.